The summed E-state index contributed by atoms with van der Waals surface area (Å²) in [6, 6.07) is 20.0. The lowest BCUT2D eigenvalue weighted by atomic mass is 10.1. The Kier molecular flexibility index (Phi) is 3.52. The third kappa shape index (κ3) is 2.50. The van der Waals surface area contributed by atoms with Gasteiger partial charge in [-0.15, -0.1) is 11.8 Å². The van der Waals surface area contributed by atoms with Gasteiger partial charge in [-0.3, -0.25) is 0 Å². The van der Waals surface area contributed by atoms with E-state index in [1.165, 1.54) is 16.1 Å². The smallest absolute Gasteiger partial charge is 0.0772 e. The zero-order chi connectivity index (χ0) is 13.2. The maximum Gasteiger partial charge on any atom is 0.0772 e. The molecule has 1 heterocycles. The highest BCUT2D eigenvalue weighted by molar-refractivity contribution is 8.00. The molecule has 0 aliphatic carbocycles. The first-order chi connectivity index (χ1) is 9.25. The van der Waals surface area contributed by atoms with Crippen molar-refractivity contribution in [3.8, 4) is 0 Å². The van der Waals surface area contributed by atoms with Gasteiger partial charge in [0.2, 0.25) is 0 Å². The summed E-state index contributed by atoms with van der Waals surface area (Å²) in [5.74, 6) is 0. The molecule has 0 bridgehead atoms. The summed E-state index contributed by atoms with van der Waals surface area (Å²) in [6.07, 6.45) is 1.16. The van der Waals surface area contributed by atoms with Gasteiger partial charge in [-0.2, -0.15) is 0 Å². The van der Waals surface area contributed by atoms with E-state index in [1.54, 1.807) is 0 Å². The number of hydrogen-bond donors (Lipinski definition) is 0. The SMILES string of the molecule is CC1Cc2ccccc2N1C(C)Sc1ccccc1. The fraction of sp³-hybridized carbons (Fsp3) is 0.294. The molecule has 2 aromatic rings. The average Bonchev–Trinajstić information content (AvgIpc) is 2.75. The average molecular weight is 269 g/mol. The predicted octanol–water partition coefficient (Wildman–Crippen LogP) is 4.58. The van der Waals surface area contributed by atoms with Crippen LogP contribution in [0.2, 0.25) is 0 Å². The molecule has 98 valence electrons. The molecule has 2 unspecified atom stereocenters. The van der Waals surface area contributed by atoms with E-state index in [9.17, 15) is 0 Å². The first-order valence-corrected chi connectivity index (χ1v) is 7.71. The number of anilines is 1. The first-order valence-electron chi connectivity index (χ1n) is 6.83. The summed E-state index contributed by atoms with van der Waals surface area (Å²) in [7, 11) is 0. The zero-order valence-corrected chi connectivity index (χ0v) is 12.2. The Hall–Kier alpha value is -1.41. The lowest BCUT2D eigenvalue weighted by Gasteiger charge is -2.31. The maximum absolute atomic E-state index is 2.55. The van der Waals surface area contributed by atoms with Crippen molar-refractivity contribution in [1.29, 1.82) is 0 Å². The van der Waals surface area contributed by atoms with Crippen molar-refractivity contribution in [3.05, 3.63) is 60.2 Å². The van der Waals surface area contributed by atoms with E-state index in [2.05, 4.69) is 73.3 Å². The minimum absolute atomic E-state index is 0.459. The minimum atomic E-state index is 0.459. The topological polar surface area (TPSA) is 3.24 Å². The van der Waals surface area contributed by atoms with E-state index in [0.717, 1.165) is 6.42 Å². The molecule has 0 amide bonds. The van der Waals surface area contributed by atoms with Crippen molar-refractivity contribution in [3.63, 3.8) is 0 Å². The molecule has 1 aliphatic rings. The minimum Gasteiger partial charge on any atom is -0.356 e. The van der Waals surface area contributed by atoms with Crippen molar-refractivity contribution >= 4 is 17.4 Å². The van der Waals surface area contributed by atoms with Gasteiger partial charge in [0, 0.05) is 16.6 Å². The third-order valence-electron chi connectivity index (χ3n) is 3.70. The molecule has 1 nitrogen and oxygen atoms in total. The van der Waals surface area contributed by atoms with Gasteiger partial charge in [-0.1, -0.05) is 36.4 Å². The molecule has 0 spiro atoms. The molecule has 0 aromatic heterocycles. The highest BCUT2D eigenvalue weighted by atomic mass is 32.2. The first kappa shape index (κ1) is 12.6. The van der Waals surface area contributed by atoms with Crippen LogP contribution < -0.4 is 4.90 Å². The van der Waals surface area contributed by atoms with Gasteiger partial charge in [-0.25, -0.2) is 0 Å². The van der Waals surface area contributed by atoms with Crippen LogP contribution >= 0.6 is 11.8 Å². The van der Waals surface area contributed by atoms with E-state index < -0.39 is 0 Å². The van der Waals surface area contributed by atoms with Crippen LogP contribution in [-0.4, -0.2) is 11.4 Å². The van der Waals surface area contributed by atoms with Gasteiger partial charge in [0.15, 0.2) is 0 Å². The quantitative estimate of drug-likeness (QED) is 0.751. The summed E-state index contributed by atoms with van der Waals surface area (Å²) in [4.78, 5) is 3.89. The lowest BCUT2D eigenvalue weighted by molar-refractivity contribution is 0.669. The number of hydrogen-bond acceptors (Lipinski definition) is 2. The van der Waals surface area contributed by atoms with Gasteiger partial charge >= 0.3 is 0 Å². The molecule has 3 rings (SSSR count). The fourth-order valence-corrected chi connectivity index (χ4v) is 4.04. The Morgan fingerprint density at radius 2 is 1.74 bits per heavy atom. The summed E-state index contributed by atoms with van der Waals surface area (Å²) < 4.78 is 0. The van der Waals surface area contributed by atoms with Crippen molar-refractivity contribution < 1.29 is 0 Å². The van der Waals surface area contributed by atoms with Crippen LogP contribution in [0, 0.1) is 0 Å². The molecule has 1 aliphatic heterocycles. The van der Waals surface area contributed by atoms with Gasteiger partial charge in [0.05, 0.1) is 5.37 Å². The maximum atomic E-state index is 2.55. The van der Waals surface area contributed by atoms with Crippen LogP contribution in [0.15, 0.2) is 59.5 Å². The molecule has 2 atom stereocenters. The number of thioether (sulfide) groups is 1. The molecule has 19 heavy (non-hydrogen) atoms. The van der Waals surface area contributed by atoms with Crippen LogP contribution in [0.3, 0.4) is 0 Å². The summed E-state index contributed by atoms with van der Waals surface area (Å²) >= 11 is 1.93. The normalized spacial score (nSPS) is 19.3. The van der Waals surface area contributed by atoms with Crippen LogP contribution in [0.4, 0.5) is 5.69 Å². The Morgan fingerprint density at radius 1 is 1.05 bits per heavy atom. The van der Waals surface area contributed by atoms with Crippen molar-refractivity contribution in [1.82, 2.24) is 0 Å². The van der Waals surface area contributed by atoms with Gasteiger partial charge in [0.25, 0.3) is 0 Å². The number of benzene rings is 2. The number of para-hydroxylation sites is 1. The second-order valence-corrected chi connectivity index (χ2v) is 6.51. The van der Waals surface area contributed by atoms with E-state index in [1.807, 2.05) is 11.8 Å². The van der Waals surface area contributed by atoms with Crippen LogP contribution in [0.5, 0.6) is 0 Å². The second-order valence-electron chi connectivity index (χ2n) is 5.12. The molecule has 0 saturated heterocycles. The van der Waals surface area contributed by atoms with Gasteiger partial charge in [-0.05, 0) is 44.0 Å². The number of nitrogens with zero attached hydrogens (tertiary/aromatic N) is 1. The molecule has 0 saturated carbocycles. The Labute approximate surface area is 119 Å². The van der Waals surface area contributed by atoms with Crippen LogP contribution in [-0.2, 0) is 6.42 Å². The largest absolute Gasteiger partial charge is 0.356 e. The van der Waals surface area contributed by atoms with E-state index >= 15 is 0 Å². The third-order valence-corrected chi connectivity index (χ3v) is 4.81. The molecule has 0 fully saturated rings. The highest BCUT2D eigenvalue weighted by Gasteiger charge is 2.29. The fourth-order valence-electron chi connectivity index (χ4n) is 2.90. The molecule has 0 N–H and O–H groups in total. The van der Waals surface area contributed by atoms with E-state index in [4.69, 9.17) is 0 Å². The molecule has 0 radical (unpaired) electrons. The summed E-state index contributed by atoms with van der Waals surface area (Å²) in [6.45, 7) is 4.62. The summed E-state index contributed by atoms with van der Waals surface area (Å²) in [5.41, 5.74) is 2.89. The molecule has 2 aromatic carbocycles. The van der Waals surface area contributed by atoms with Crippen molar-refractivity contribution in [2.24, 2.45) is 0 Å². The van der Waals surface area contributed by atoms with E-state index in [-0.39, 0.29) is 0 Å². The van der Waals surface area contributed by atoms with Crippen molar-refractivity contribution in [2.45, 2.75) is 36.6 Å². The Morgan fingerprint density at radius 3 is 2.53 bits per heavy atom. The molecule has 2 heteroatoms. The second kappa shape index (κ2) is 5.30. The lowest BCUT2D eigenvalue weighted by Crippen LogP contribution is -2.35. The number of fused-ring (bicyclic) bond motifs is 1. The molecular formula is C17H19NS. The van der Waals surface area contributed by atoms with Crippen molar-refractivity contribution in [2.75, 3.05) is 4.90 Å². The predicted molar refractivity (Wildman–Crippen MR) is 83.8 cm³/mol. The number of rotatable bonds is 3. The Balaban J connectivity index is 1.82. The highest BCUT2D eigenvalue weighted by Crippen LogP contribution is 2.38. The monoisotopic (exact) mass is 269 g/mol. The standard InChI is InChI=1S/C17H19NS/c1-13-12-15-8-6-7-11-17(15)18(13)14(2)19-16-9-4-3-5-10-16/h3-11,13-14H,12H2,1-2H3. The van der Waals surface area contributed by atoms with Crippen LogP contribution in [0.25, 0.3) is 0 Å². The Bertz CT molecular complexity index is 552. The zero-order valence-electron chi connectivity index (χ0n) is 11.4. The van der Waals surface area contributed by atoms with Crippen LogP contribution in [0.1, 0.15) is 19.4 Å². The summed E-state index contributed by atoms with van der Waals surface area (Å²) in [5, 5.41) is 0.459. The van der Waals surface area contributed by atoms with Gasteiger partial charge < -0.3 is 4.90 Å². The van der Waals surface area contributed by atoms with E-state index in [0.29, 0.717) is 11.4 Å². The molecular weight excluding hydrogens is 250 g/mol. The van der Waals surface area contributed by atoms with Gasteiger partial charge in [0.1, 0.15) is 0 Å².